The Balaban J connectivity index is 0.728. The Morgan fingerprint density at radius 3 is 2.41 bits per heavy atom. The van der Waals surface area contributed by atoms with Gasteiger partial charge in [0, 0.05) is 76.2 Å². The van der Waals surface area contributed by atoms with E-state index < -0.39 is 35.5 Å². The predicted molar refractivity (Wildman–Crippen MR) is 222 cm³/mol. The van der Waals surface area contributed by atoms with E-state index in [0.717, 1.165) is 53.8 Å². The number of imide groups is 2. The first-order chi connectivity index (χ1) is 29.5. The Morgan fingerprint density at radius 2 is 1.70 bits per heavy atom. The van der Waals surface area contributed by atoms with Gasteiger partial charge in [0.15, 0.2) is 0 Å². The van der Waals surface area contributed by atoms with Crippen LogP contribution in [0.25, 0.3) is 0 Å². The first-order valence-corrected chi connectivity index (χ1v) is 21.0. The number of anilines is 3. The molecular weight excluding hydrogens is 805 g/mol. The lowest BCUT2D eigenvalue weighted by Gasteiger charge is -2.40. The van der Waals surface area contributed by atoms with Gasteiger partial charge in [-0.25, -0.2) is 19.4 Å². The summed E-state index contributed by atoms with van der Waals surface area (Å²) in [6.07, 6.45) is 8.25. The van der Waals surface area contributed by atoms with Gasteiger partial charge in [0.25, 0.3) is 11.8 Å². The first-order valence-electron chi connectivity index (χ1n) is 20.6. The maximum absolute atomic E-state index is 15.5. The van der Waals surface area contributed by atoms with Crippen LogP contribution in [-0.4, -0.2) is 119 Å². The third-order valence-corrected chi connectivity index (χ3v) is 12.9. The van der Waals surface area contributed by atoms with Crippen LogP contribution >= 0.6 is 11.6 Å². The summed E-state index contributed by atoms with van der Waals surface area (Å²) in [6, 6.07) is 8.92. The van der Waals surface area contributed by atoms with Crippen molar-refractivity contribution in [2.45, 2.75) is 51.1 Å². The highest BCUT2D eigenvalue weighted by Crippen LogP contribution is 2.34. The summed E-state index contributed by atoms with van der Waals surface area (Å²) in [5.41, 5.74) is 3.51. The zero-order chi connectivity index (χ0) is 42.4. The number of allylic oxidation sites excluding steroid dienone is 1. The Kier molecular flexibility index (Phi) is 11.0. The van der Waals surface area contributed by atoms with E-state index in [1.165, 1.54) is 12.4 Å². The number of piperidine rings is 2. The van der Waals surface area contributed by atoms with E-state index >= 15 is 4.39 Å². The molecule has 2 aromatic carbocycles. The van der Waals surface area contributed by atoms with E-state index in [4.69, 9.17) is 11.6 Å². The molecule has 6 aliphatic heterocycles. The highest BCUT2D eigenvalue weighted by molar-refractivity contribution is 6.32. The number of amides is 5. The molecule has 18 heteroatoms. The normalized spacial score (nSPS) is 22.1. The maximum Gasteiger partial charge on any atom is 0.262 e. The molecule has 0 aliphatic carbocycles. The summed E-state index contributed by atoms with van der Waals surface area (Å²) in [5.74, 6) is -1.67. The number of aromatic nitrogens is 2. The van der Waals surface area contributed by atoms with E-state index in [1.807, 2.05) is 21.9 Å². The molecule has 314 valence electrons. The van der Waals surface area contributed by atoms with E-state index in [1.54, 1.807) is 18.3 Å². The van der Waals surface area contributed by atoms with E-state index in [0.29, 0.717) is 86.8 Å². The van der Waals surface area contributed by atoms with Gasteiger partial charge in [0.2, 0.25) is 17.7 Å². The summed E-state index contributed by atoms with van der Waals surface area (Å²) in [4.78, 5) is 86.9. The lowest BCUT2D eigenvalue weighted by Crippen LogP contribution is -2.54. The van der Waals surface area contributed by atoms with Gasteiger partial charge in [-0.3, -0.25) is 39.1 Å². The summed E-state index contributed by atoms with van der Waals surface area (Å²) in [6.45, 7) is 5.96. The van der Waals surface area contributed by atoms with Gasteiger partial charge in [-0.2, -0.15) is 5.26 Å². The molecule has 0 radical (unpaired) electrons. The third kappa shape index (κ3) is 7.93. The highest BCUT2D eigenvalue weighted by atomic mass is 35.5. The molecule has 3 saturated heterocycles. The lowest BCUT2D eigenvalue weighted by molar-refractivity contribution is -0.136. The molecule has 9 rings (SSSR count). The summed E-state index contributed by atoms with van der Waals surface area (Å²) < 4.78 is 15.5. The number of aliphatic imine (C=N–C) groups is 1. The minimum absolute atomic E-state index is 0.00895. The Labute approximate surface area is 356 Å². The Hall–Kier alpha value is -6.25. The average Bonchev–Trinajstić information content (AvgIpc) is 3.50. The second-order valence-electron chi connectivity index (χ2n) is 16.3. The summed E-state index contributed by atoms with van der Waals surface area (Å²) >= 11 is 6.29. The molecule has 6 aliphatic rings. The molecule has 7 heterocycles. The number of halogens is 2. The average molecular weight is 848 g/mol. The molecule has 61 heavy (non-hydrogen) atoms. The van der Waals surface area contributed by atoms with Gasteiger partial charge in [0.05, 0.1) is 45.6 Å². The van der Waals surface area contributed by atoms with Gasteiger partial charge in [-0.05, 0) is 74.4 Å². The van der Waals surface area contributed by atoms with Crippen LogP contribution in [0.5, 0.6) is 0 Å². The van der Waals surface area contributed by atoms with Crippen LogP contribution in [0.3, 0.4) is 0 Å². The van der Waals surface area contributed by atoms with Gasteiger partial charge in [-0.15, -0.1) is 0 Å². The van der Waals surface area contributed by atoms with E-state index in [2.05, 4.69) is 41.5 Å². The van der Waals surface area contributed by atoms with Crippen LogP contribution in [0.2, 0.25) is 5.02 Å². The number of hydrogen-bond acceptors (Lipinski definition) is 13. The largest absolute Gasteiger partial charge is 0.367 e. The number of carbonyl (C=O) groups is 5. The van der Waals surface area contributed by atoms with Crippen LogP contribution in [0, 0.1) is 29.0 Å². The van der Waals surface area contributed by atoms with Crippen molar-refractivity contribution in [3.8, 4) is 6.07 Å². The zero-order valence-corrected chi connectivity index (χ0v) is 34.0. The fourth-order valence-corrected chi connectivity index (χ4v) is 9.41. The number of likely N-dealkylation sites (tertiary alicyclic amines) is 1. The van der Waals surface area contributed by atoms with Crippen molar-refractivity contribution in [3.05, 3.63) is 87.3 Å². The SMILES string of the molecule is N#Cc1ccc(N2CCc3c(ncnc3NC3=CCC(C(=O)N4CCC(CN5CCN(c6cc7c(cc6F)C(=O)N(C6CCC(=O)NC6=O)C7=O)CC5)CC4)C=N3)C2)cc1Cl. The highest BCUT2D eigenvalue weighted by Gasteiger charge is 2.45. The summed E-state index contributed by atoms with van der Waals surface area (Å²) in [5, 5.41) is 15.2. The number of carbonyl (C=O) groups excluding carboxylic acids is 5. The molecule has 1 aromatic heterocycles. The number of piperazine rings is 1. The van der Waals surface area contributed by atoms with Crippen LogP contribution in [0.15, 0.2) is 53.5 Å². The molecular formula is C43H43ClFN11O5. The number of hydrogen-bond donors (Lipinski definition) is 2. The maximum atomic E-state index is 15.5. The molecule has 2 atom stereocenters. The molecule has 16 nitrogen and oxygen atoms in total. The fourth-order valence-electron chi connectivity index (χ4n) is 9.19. The van der Waals surface area contributed by atoms with Gasteiger partial charge in [-0.1, -0.05) is 11.6 Å². The van der Waals surface area contributed by atoms with Crippen molar-refractivity contribution in [2.75, 3.05) is 67.5 Å². The van der Waals surface area contributed by atoms with Crippen molar-refractivity contribution < 1.29 is 28.4 Å². The van der Waals surface area contributed by atoms with Crippen LogP contribution in [0.4, 0.5) is 21.6 Å². The van der Waals surface area contributed by atoms with Crippen molar-refractivity contribution >= 4 is 64.5 Å². The monoisotopic (exact) mass is 847 g/mol. The number of fused-ring (bicyclic) bond motifs is 2. The molecule has 3 fully saturated rings. The number of rotatable bonds is 8. The Morgan fingerprint density at radius 1 is 0.934 bits per heavy atom. The fraction of sp³-hybridized carbons (Fsp3) is 0.419. The minimum atomic E-state index is -1.11. The third-order valence-electron chi connectivity index (χ3n) is 12.6. The smallest absolute Gasteiger partial charge is 0.262 e. The standard InChI is InChI=1S/C43H43ClFN11O5/c44-32-17-28(3-1-26(32)20-46)55-12-9-29-34(23-55)48-24-49-39(29)50-37-5-2-27(21-47-37)41(59)54-10-7-25(8-11-54)22-52-13-15-53(16-14-52)36-19-31-30(18-33(36)45)42(60)56(43(31)61)35-4-6-38(57)51-40(35)58/h1,3,5,17-19,21,24-25,27,35H,2,4,6-16,22-23H2,(H,48,49,50)(H,51,57,58). The van der Waals surface area contributed by atoms with Gasteiger partial charge < -0.3 is 20.0 Å². The second-order valence-corrected chi connectivity index (χ2v) is 16.7. The van der Waals surface area contributed by atoms with Gasteiger partial charge >= 0.3 is 0 Å². The van der Waals surface area contributed by atoms with Crippen LogP contribution in [-0.2, 0) is 27.3 Å². The molecule has 0 spiro atoms. The van der Waals surface area contributed by atoms with E-state index in [-0.39, 0.29) is 41.5 Å². The number of nitrogens with one attached hydrogen (secondary N) is 2. The topological polar surface area (TPSA) is 188 Å². The number of nitriles is 1. The molecule has 0 bridgehead atoms. The van der Waals surface area contributed by atoms with E-state index in [9.17, 15) is 29.2 Å². The van der Waals surface area contributed by atoms with Crippen LogP contribution < -0.4 is 20.4 Å². The van der Waals surface area contributed by atoms with Crippen molar-refractivity contribution in [1.82, 2.24) is 30.0 Å². The second kappa shape index (κ2) is 16.7. The summed E-state index contributed by atoms with van der Waals surface area (Å²) in [7, 11) is 0. The van der Waals surface area contributed by atoms with Crippen molar-refractivity contribution in [3.63, 3.8) is 0 Å². The predicted octanol–water partition coefficient (Wildman–Crippen LogP) is 3.51. The zero-order valence-electron chi connectivity index (χ0n) is 33.3. The first kappa shape index (κ1) is 40.2. The molecule has 5 amide bonds. The van der Waals surface area contributed by atoms with Crippen molar-refractivity contribution in [2.24, 2.45) is 16.8 Å². The van der Waals surface area contributed by atoms with Gasteiger partial charge in [0.1, 0.15) is 35.9 Å². The molecule has 3 aromatic rings. The number of benzene rings is 2. The minimum Gasteiger partial charge on any atom is -0.367 e. The number of nitrogens with zero attached hydrogens (tertiary/aromatic N) is 9. The van der Waals surface area contributed by atoms with Crippen molar-refractivity contribution in [1.29, 1.82) is 5.26 Å². The quantitative estimate of drug-likeness (QED) is 0.315. The Bertz CT molecular complexity index is 2440. The molecule has 2 unspecified atom stereocenters. The lowest BCUT2D eigenvalue weighted by atomic mass is 9.94. The molecule has 0 saturated carbocycles. The molecule has 2 N–H and O–H groups in total. The van der Waals surface area contributed by atoms with Crippen LogP contribution in [0.1, 0.15) is 69.6 Å².